The van der Waals surface area contributed by atoms with E-state index in [1.54, 1.807) is 0 Å². The minimum absolute atomic E-state index is 0.193. The van der Waals surface area contributed by atoms with Crippen LogP contribution < -0.4 is 10.6 Å². The van der Waals surface area contributed by atoms with Crippen molar-refractivity contribution < 1.29 is 18.1 Å². The Morgan fingerprint density at radius 3 is 2.00 bits per heavy atom. The lowest BCUT2D eigenvalue weighted by atomic mass is 10.0. The Kier molecular flexibility index (Phi) is 5.85. The molecule has 0 amide bonds. The van der Waals surface area contributed by atoms with Crippen LogP contribution in [0.2, 0.25) is 0 Å². The van der Waals surface area contributed by atoms with Crippen molar-refractivity contribution in [1.29, 1.82) is 0 Å². The van der Waals surface area contributed by atoms with Gasteiger partial charge in [-0.05, 0) is 35.4 Å². The van der Waals surface area contributed by atoms with Crippen LogP contribution in [0.15, 0.2) is 72.8 Å². The number of nitro groups is 1. The van der Waals surface area contributed by atoms with Crippen molar-refractivity contribution in [3.05, 3.63) is 88.5 Å². The number of benzene rings is 4. The quantitative estimate of drug-likeness (QED) is 0.143. The third-order valence-electron chi connectivity index (χ3n) is 5.25. The molecule has 8 heteroatoms. The Hall–Kier alpha value is -3.81. The largest absolute Gasteiger partial charge is 0.423 e. The van der Waals surface area contributed by atoms with Crippen molar-refractivity contribution in [1.82, 2.24) is 0 Å². The van der Waals surface area contributed by atoms with Gasteiger partial charge >= 0.3 is 6.18 Å². The van der Waals surface area contributed by atoms with E-state index in [1.807, 2.05) is 24.3 Å². The molecule has 0 saturated carbocycles. The van der Waals surface area contributed by atoms with E-state index in [0.717, 1.165) is 39.4 Å². The number of nitrogens with one attached hydrogen (secondary N) is 2. The molecule has 5 nitrogen and oxygen atoms in total. The average Bonchev–Trinajstić information content (AvgIpc) is 2.77. The zero-order valence-electron chi connectivity index (χ0n) is 16.9. The van der Waals surface area contributed by atoms with Crippen LogP contribution in [0, 0.1) is 10.1 Å². The summed E-state index contributed by atoms with van der Waals surface area (Å²) < 4.78 is 39.4. The van der Waals surface area contributed by atoms with Crippen molar-refractivity contribution in [2.75, 3.05) is 23.7 Å². The van der Waals surface area contributed by atoms with Gasteiger partial charge < -0.3 is 10.6 Å². The van der Waals surface area contributed by atoms with E-state index in [-0.39, 0.29) is 5.69 Å². The average molecular weight is 439 g/mol. The van der Waals surface area contributed by atoms with Gasteiger partial charge in [0, 0.05) is 41.3 Å². The van der Waals surface area contributed by atoms with Crippen LogP contribution in [0.4, 0.5) is 30.2 Å². The highest BCUT2D eigenvalue weighted by atomic mass is 19.4. The molecule has 0 bridgehead atoms. The van der Waals surface area contributed by atoms with Crippen molar-refractivity contribution in [3.8, 4) is 0 Å². The van der Waals surface area contributed by atoms with E-state index in [1.165, 1.54) is 6.07 Å². The van der Waals surface area contributed by atoms with Gasteiger partial charge in [-0.2, -0.15) is 13.2 Å². The molecule has 0 radical (unpaired) electrons. The Bertz CT molecular complexity index is 1230. The predicted octanol–water partition coefficient (Wildman–Crippen LogP) is 6.83. The second-order valence-corrected chi connectivity index (χ2v) is 7.39. The second kappa shape index (κ2) is 8.74. The molecule has 0 saturated heterocycles. The van der Waals surface area contributed by atoms with Crippen molar-refractivity contribution >= 4 is 38.6 Å². The molecule has 0 aliphatic carbocycles. The smallest absolute Gasteiger partial charge is 0.385 e. The second-order valence-electron chi connectivity index (χ2n) is 7.39. The summed E-state index contributed by atoms with van der Waals surface area (Å²) in [7, 11) is 0. The van der Waals surface area contributed by atoms with E-state index in [4.69, 9.17) is 0 Å². The summed E-state index contributed by atoms with van der Waals surface area (Å²) >= 11 is 0. The summed E-state index contributed by atoms with van der Waals surface area (Å²) in [6.45, 7) is 1.01. The topological polar surface area (TPSA) is 67.2 Å². The van der Waals surface area contributed by atoms with Crippen LogP contribution in [0.3, 0.4) is 0 Å². The predicted molar refractivity (Wildman–Crippen MR) is 121 cm³/mol. The molecule has 4 aromatic carbocycles. The number of hydrogen-bond acceptors (Lipinski definition) is 4. The number of nitrogens with zero attached hydrogens (tertiary/aromatic N) is 1. The first kappa shape index (κ1) is 21.4. The van der Waals surface area contributed by atoms with Crippen LogP contribution in [0.25, 0.3) is 21.5 Å². The fraction of sp³-hybridized carbons (Fsp3) is 0.167. The summed E-state index contributed by atoms with van der Waals surface area (Å²) in [5, 5.41) is 21.7. The van der Waals surface area contributed by atoms with Gasteiger partial charge in [0.05, 0.1) is 4.92 Å². The van der Waals surface area contributed by atoms with Crippen LogP contribution >= 0.6 is 0 Å². The van der Waals surface area contributed by atoms with Crippen LogP contribution in [-0.4, -0.2) is 18.0 Å². The summed E-state index contributed by atoms with van der Waals surface area (Å²) in [6, 6.07) is 21.3. The lowest BCUT2D eigenvalue weighted by Crippen LogP contribution is -2.12. The number of alkyl halides is 3. The Balaban J connectivity index is 1.44. The molecule has 32 heavy (non-hydrogen) atoms. The highest BCUT2D eigenvalue weighted by molar-refractivity contribution is 6.10. The number of halogens is 3. The van der Waals surface area contributed by atoms with Crippen LogP contribution in [0.1, 0.15) is 12.0 Å². The standard InChI is InChI=1S/C24H20F3N3O2/c25-24(26,27)21-15-18(10-11-22(21)30(31)32)28-12-5-13-29-23-19-8-3-1-6-16(19)14-17-7-2-4-9-20(17)23/h1-4,6-11,14-15,28-29H,5,12-13H2. The van der Waals surface area contributed by atoms with E-state index >= 15 is 0 Å². The normalized spacial score (nSPS) is 11.6. The highest BCUT2D eigenvalue weighted by Crippen LogP contribution is 2.37. The number of nitro benzene ring substituents is 1. The first-order valence-corrected chi connectivity index (χ1v) is 10.1. The van der Waals surface area contributed by atoms with Crippen molar-refractivity contribution in [2.24, 2.45) is 0 Å². The fourth-order valence-electron chi connectivity index (χ4n) is 3.77. The minimum Gasteiger partial charge on any atom is -0.385 e. The molecule has 0 heterocycles. The van der Waals surface area contributed by atoms with Gasteiger partial charge in [-0.15, -0.1) is 0 Å². The molecule has 0 atom stereocenters. The molecular formula is C24H20F3N3O2. The lowest BCUT2D eigenvalue weighted by Gasteiger charge is -2.15. The Morgan fingerprint density at radius 2 is 1.41 bits per heavy atom. The van der Waals surface area contributed by atoms with Gasteiger partial charge in [0.25, 0.3) is 5.69 Å². The zero-order chi connectivity index (χ0) is 22.7. The molecule has 0 spiro atoms. The number of rotatable bonds is 7. The third-order valence-corrected chi connectivity index (χ3v) is 5.25. The van der Waals surface area contributed by atoms with Gasteiger partial charge in [0.2, 0.25) is 0 Å². The summed E-state index contributed by atoms with van der Waals surface area (Å²) in [4.78, 5) is 9.85. The number of anilines is 2. The molecule has 0 unspecified atom stereocenters. The highest BCUT2D eigenvalue weighted by Gasteiger charge is 2.38. The molecule has 0 aliphatic heterocycles. The number of hydrogen-bond donors (Lipinski definition) is 2. The van der Waals surface area contributed by atoms with E-state index in [9.17, 15) is 23.3 Å². The monoisotopic (exact) mass is 439 g/mol. The molecular weight excluding hydrogens is 419 g/mol. The van der Waals surface area contributed by atoms with Gasteiger partial charge in [-0.1, -0.05) is 48.5 Å². The molecule has 4 rings (SSSR count). The Labute approximate surface area is 182 Å². The summed E-state index contributed by atoms with van der Waals surface area (Å²) in [5.74, 6) is 0. The maximum absolute atomic E-state index is 13.1. The van der Waals surface area contributed by atoms with Crippen LogP contribution in [0.5, 0.6) is 0 Å². The van der Waals surface area contributed by atoms with Crippen LogP contribution in [-0.2, 0) is 6.18 Å². The zero-order valence-corrected chi connectivity index (χ0v) is 16.9. The van der Waals surface area contributed by atoms with Gasteiger partial charge in [0.1, 0.15) is 5.56 Å². The molecule has 4 aromatic rings. The van der Waals surface area contributed by atoms with E-state index < -0.39 is 22.4 Å². The SMILES string of the molecule is O=[N+]([O-])c1ccc(NCCCNc2c3ccccc3cc3ccccc23)cc1C(F)(F)F. The van der Waals surface area contributed by atoms with E-state index in [2.05, 4.69) is 41.0 Å². The van der Waals surface area contributed by atoms with Gasteiger partial charge in [-0.3, -0.25) is 10.1 Å². The molecule has 164 valence electrons. The molecule has 2 N–H and O–H groups in total. The Morgan fingerprint density at radius 1 is 0.812 bits per heavy atom. The molecule has 0 aliphatic rings. The lowest BCUT2D eigenvalue weighted by molar-refractivity contribution is -0.388. The van der Waals surface area contributed by atoms with Crippen molar-refractivity contribution in [2.45, 2.75) is 12.6 Å². The van der Waals surface area contributed by atoms with Gasteiger partial charge in [-0.25, -0.2) is 0 Å². The minimum atomic E-state index is -4.79. The van der Waals surface area contributed by atoms with E-state index in [0.29, 0.717) is 19.5 Å². The maximum Gasteiger partial charge on any atom is 0.423 e. The first-order chi connectivity index (χ1) is 15.3. The first-order valence-electron chi connectivity index (χ1n) is 10.1. The molecule has 0 fully saturated rings. The molecule has 0 aromatic heterocycles. The van der Waals surface area contributed by atoms with Crippen molar-refractivity contribution in [3.63, 3.8) is 0 Å². The third kappa shape index (κ3) is 4.44. The summed E-state index contributed by atoms with van der Waals surface area (Å²) in [5.41, 5.74) is -0.993. The number of fused-ring (bicyclic) bond motifs is 2. The maximum atomic E-state index is 13.1. The van der Waals surface area contributed by atoms with Gasteiger partial charge in [0.15, 0.2) is 0 Å². The summed E-state index contributed by atoms with van der Waals surface area (Å²) in [6.07, 6.45) is -4.16. The fourth-order valence-corrected chi connectivity index (χ4v) is 3.77.